The minimum Gasteiger partial charge on any atom is -0.314 e. The highest BCUT2D eigenvalue weighted by molar-refractivity contribution is 14.1. The molecule has 1 N–H and O–H groups in total. The van der Waals surface area contributed by atoms with Crippen LogP contribution in [-0.4, -0.2) is 12.6 Å². The number of rotatable bonds is 6. The summed E-state index contributed by atoms with van der Waals surface area (Å²) < 4.78 is 1.32. The Labute approximate surface area is 119 Å². The third kappa shape index (κ3) is 4.96. The van der Waals surface area contributed by atoms with Crippen molar-refractivity contribution in [2.45, 2.75) is 45.6 Å². The molecule has 17 heavy (non-hydrogen) atoms. The van der Waals surface area contributed by atoms with Gasteiger partial charge in [-0.15, -0.1) is 0 Å². The van der Waals surface area contributed by atoms with Gasteiger partial charge in [0, 0.05) is 9.61 Å². The van der Waals surface area contributed by atoms with Crippen LogP contribution < -0.4 is 5.32 Å². The lowest BCUT2D eigenvalue weighted by atomic mass is 9.83. The van der Waals surface area contributed by atoms with Crippen molar-refractivity contribution < 1.29 is 0 Å². The summed E-state index contributed by atoms with van der Waals surface area (Å²) in [6.45, 7) is 5.92. The Kier molecular flexibility index (Phi) is 4.47. The Bertz CT molecular complexity index is 352. The van der Waals surface area contributed by atoms with Crippen molar-refractivity contribution in [3.05, 3.63) is 33.4 Å². The quantitative estimate of drug-likeness (QED) is 0.770. The molecule has 0 bridgehead atoms. The fraction of sp³-hybridized carbons (Fsp3) is 0.600. The summed E-state index contributed by atoms with van der Waals surface area (Å²) in [5.41, 5.74) is 1.86. The Hall–Kier alpha value is -0.0900. The van der Waals surface area contributed by atoms with Crippen molar-refractivity contribution in [1.82, 2.24) is 5.32 Å². The molecule has 94 valence electrons. The minimum atomic E-state index is 0.397. The summed E-state index contributed by atoms with van der Waals surface area (Å²) in [5, 5.41) is 3.61. The van der Waals surface area contributed by atoms with E-state index in [-0.39, 0.29) is 0 Å². The number of hydrogen-bond donors (Lipinski definition) is 1. The van der Waals surface area contributed by atoms with Crippen molar-refractivity contribution in [2.24, 2.45) is 5.41 Å². The first-order chi connectivity index (χ1) is 8.05. The molecule has 1 aliphatic rings. The van der Waals surface area contributed by atoms with Gasteiger partial charge in [0.1, 0.15) is 0 Å². The summed E-state index contributed by atoms with van der Waals surface area (Å²) >= 11 is 2.36. The molecule has 0 aliphatic heterocycles. The monoisotopic (exact) mass is 343 g/mol. The standard InChI is InChI=1S/C15H22IN/c1-15(2,9-10-17-14-7-8-14)11-12-3-5-13(16)6-4-12/h3-6,14,17H,7-11H2,1-2H3. The maximum Gasteiger partial charge on any atom is 0.0130 e. The van der Waals surface area contributed by atoms with Crippen molar-refractivity contribution in [2.75, 3.05) is 6.54 Å². The molecule has 0 heterocycles. The molecule has 1 aromatic carbocycles. The zero-order chi connectivity index (χ0) is 12.3. The van der Waals surface area contributed by atoms with Crippen LogP contribution in [-0.2, 0) is 6.42 Å². The van der Waals surface area contributed by atoms with Crippen LogP contribution in [0.5, 0.6) is 0 Å². The lowest BCUT2D eigenvalue weighted by molar-refractivity contribution is 0.325. The molecular weight excluding hydrogens is 321 g/mol. The zero-order valence-corrected chi connectivity index (χ0v) is 13.0. The Balaban J connectivity index is 1.79. The molecule has 0 atom stereocenters. The Morgan fingerprint density at radius 1 is 1.24 bits per heavy atom. The molecule has 0 aromatic heterocycles. The molecular formula is C15H22IN. The number of benzene rings is 1. The van der Waals surface area contributed by atoms with Gasteiger partial charge in [-0.1, -0.05) is 26.0 Å². The van der Waals surface area contributed by atoms with Crippen molar-refractivity contribution >= 4 is 22.6 Å². The van der Waals surface area contributed by atoms with E-state index in [1.165, 1.54) is 41.4 Å². The molecule has 0 spiro atoms. The van der Waals surface area contributed by atoms with Crippen LogP contribution in [0.3, 0.4) is 0 Å². The lowest BCUT2D eigenvalue weighted by Gasteiger charge is -2.25. The molecule has 1 aromatic rings. The first-order valence-electron chi connectivity index (χ1n) is 6.53. The van der Waals surface area contributed by atoms with Gasteiger partial charge in [0.05, 0.1) is 0 Å². The summed E-state index contributed by atoms with van der Waals surface area (Å²) in [6, 6.07) is 9.77. The molecule has 1 fully saturated rings. The summed E-state index contributed by atoms with van der Waals surface area (Å²) in [6.07, 6.45) is 5.21. The van der Waals surface area contributed by atoms with Gasteiger partial charge >= 0.3 is 0 Å². The van der Waals surface area contributed by atoms with Crippen LogP contribution in [0.4, 0.5) is 0 Å². The van der Waals surface area contributed by atoms with Gasteiger partial charge in [0.15, 0.2) is 0 Å². The molecule has 0 radical (unpaired) electrons. The maximum atomic E-state index is 3.61. The SMILES string of the molecule is CC(C)(CCNC1CC1)Cc1ccc(I)cc1. The van der Waals surface area contributed by atoms with Crippen LogP contribution in [0.25, 0.3) is 0 Å². The zero-order valence-electron chi connectivity index (χ0n) is 10.8. The first kappa shape index (κ1) is 13.3. The highest BCUT2D eigenvalue weighted by Gasteiger charge is 2.23. The predicted octanol–water partition coefficient (Wildman–Crippen LogP) is 4.00. The van der Waals surface area contributed by atoms with Crippen molar-refractivity contribution in [3.8, 4) is 0 Å². The topological polar surface area (TPSA) is 12.0 Å². The maximum absolute atomic E-state index is 3.61. The molecule has 1 saturated carbocycles. The van der Waals surface area contributed by atoms with Gasteiger partial charge < -0.3 is 5.32 Å². The van der Waals surface area contributed by atoms with Gasteiger partial charge in [0.2, 0.25) is 0 Å². The molecule has 0 saturated heterocycles. The van der Waals surface area contributed by atoms with Crippen molar-refractivity contribution in [1.29, 1.82) is 0 Å². The summed E-state index contributed by atoms with van der Waals surface area (Å²) in [5.74, 6) is 0. The fourth-order valence-corrected chi connectivity index (χ4v) is 2.50. The van der Waals surface area contributed by atoms with Crippen molar-refractivity contribution in [3.63, 3.8) is 0 Å². The van der Waals surface area contributed by atoms with Gasteiger partial charge in [-0.05, 0) is 77.9 Å². The van der Waals surface area contributed by atoms with E-state index >= 15 is 0 Å². The molecule has 1 nitrogen and oxygen atoms in total. The van der Waals surface area contributed by atoms with E-state index in [9.17, 15) is 0 Å². The van der Waals surface area contributed by atoms with E-state index in [0.717, 1.165) is 6.04 Å². The predicted molar refractivity (Wildman–Crippen MR) is 82.3 cm³/mol. The number of hydrogen-bond acceptors (Lipinski definition) is 1. The van der Waals surface area contributed by atoms with Gasteiger partial charge in [0.25, 0.3) is 0 Å². The van der Waals surface area contributed by atoms with Crippen LogP contribution in [0.15, 0.2) is 24.3 Å². The normalized spacial score (nSPS) is 16.2. The van der Waals surface area contributed by atoms with E-state index < -0.39 is 0 Å². The van der Waals surface area contributed by atoms with Gasteiger partial charge in [-0.25, -0.2) is 0 Å². The highest BCUT2D eigenvalue weighted by Crippen LogP contribution is 2.27. The van der Waals surface area contributed by atoms with E-state index in [4.69, 9.17) is 0 Å². The lowest BCUT2D eigenvalue weighted by Crippen LogP contribution is -2.25. The minimum absolute atomic E-state index is 0.397. The van der Waals surface area contributed by atoms with Crippen LogP contribution in [0, 0.1) is 8.99 Å². The second kappa shape index (κ2) is 5.70. The van der Waals surface area contributed by atoms with Crippen LogP contribution in [0.1, 0.15) is 38.7 Å². The van der Waals surface area contributed by atoms with E-state index in [1.807, 2.05) is 0 Å². The third-order valence-corrected chi connectivity index (χ3v) is 4.13. The number of nitrogens with one attached hydrogen (secondary N) is 1. The van der Waals surface area contributed by atoms with E-state index in [0.29, 0.717) is 5.41 Å². The average Bonchev–Trinajstić information content (AvgIpc) is 3.05. The summed E-state index contributed by atoms with van der Waals surface area (Å²) in [4.78, 5) is 0. The molecule has 0 amide bonds. The van der Waals surface area contributed by atoms with E-state index in [1.54, 1.807) is 0 Å². The molecule has 2 heteroatoms. The Morgan fingerprint density at radius 2 is 1.88 bits per heavy atom. The van der Waals surface area contributed by atoms with E-state index in [2.05, 4.69) is 66.0 Å². The van der Waals surface area contributed by atoms with Gasteiger partial charge in [-0.3, -0.25) is 0 Å². The van der Waals surface area contributed by atoms with Gasteiger partial charge in [-0.2, -0.15) is 0 Å². The fourth-order valence-electron chi connectivity index (χ4n) is 2.15. The first-order valence-corrected chi connectivity index (χ1v) is 7.61. The van der Waals surface area contributed by atoms with Crippen LogP contribution >= 0.6 is 22.6 Å². The largest absolute Gasteiger partial charge is 0.314 e. The van der Waals surface area contributed by atoms with Crippen LogP contribution in [0.2, 0.25) is 0 Å². The third-order valence-electron chi connectivity index (χ3n) is 3.41. The average molecular weight is 343 g/mol. The second-order valence-electron chi connectivity index (χ2n) is 5.95. The second-order valence-corrected chi connectivity index (χ2v) is 7.19. The molecule has 0 unspecified atom stereocenters. The number of halogens is 1. The molecule has 2 rings (SSSR count). The molecule has 1 aliphatic carbocycles. The Morgan fingerprint density at radius 3 is 2.47 bits per heavy atom. The smallest absolute Gasteiger partial charge is 0.0130 e. The summed E-state index contributed by atoms with van der Waals surface area (Å²) in [7, 11) is 0. The highest BCUT2D eigenvalue weighted by atomic mass is 127.